The van der Waals surface area contributed by atoms with E-state index in [2.05, 4.69) is 50.7 Å². The second kappa shape index (κ2) is 12.3. The van der Waals surface area contributed by atoms with Crippen molar-refractivity contribution < 1.29 is 14.4 Å². The van der Waals surface area contributed by atoms with Crippen LogP contribution in [0.2, 0.25) is 0 Å². The Balaban J connectivity index is 1.02. The number of benzene rings is 1. The number of hydrogen-bond acceptors (Lipinski definition) is 6. The summed E-state index contributed by atoms with van der Waals surface area (Å²) in [4.78, 5) is 43.6. The fourth-order valence-corrected chi connectivity index (χ4v) is 7.93. The van der Waals surface area contributed by atoms with Crippen molar-refractivity contribution in [3.63, 3.8) is 0 Å². The molecule has 1 aromatic carbocycles. The first-order valence-electron chi connectivity index (χ1n) is 16.1. The van der Waals surface area contributed by atoms with Gasteiger partial charge in [0.15, 0.2) is 5.82 Å². The first kappa shape index (κ1) is 29.1. The van der Waals surface area contributed by atoms with Crippen molar-refractivity contribution in [3.05, 3.63) is 23.8 Å². The van der Waals surface area contributed by atoms with Crippen molar-refractivity contribution >= 4 is 34.6 Å². The Morgan fingerprint density at radius 2 is 1.79 bits per heavy atom. The summed E-state index contributed by atoms with van der Waals surface area (Å²) >= 11 is 0. The fraction of sp³-hybridized carbons (Fsp3) is 0.688. The third-order valence-corrected chi connectivity index (χ3v) is 10.5. The highest BCUT2D eigenvalue weighted by molar-refractivity contribution is 6.08. The van der Waals surface area contributed by atoms with Crippen LogP contribution in [-0.4, -0.2) is 89.8 Å². The number of aromatic nitrogens is 2. The van der Waals surface area contributed by atoms with Gasteiger partial charge in [-0.15, -0.1) is 0 Å². The van der Waals surface area contributed by atoms with E-state index in [-0.39, 0.29) is 18.2 Å². The van der Waals surface area contributed by atoms with Gasteiger partial charge in [0.2, 0.25) is 11.8 Å². The molecule has 2 atom stereocenters. The molecule has 4 aliphatic rings. The van der Waals surface area contributed by atoms with Crippen molar-refractivity contribution in [2.45, 2.75) is 70.3 Å². The van der Waals surface area contributed by atoms with E-state index in [0.717, 1.165) is 88.6 Å². The summed E-state index contributed by atoms with van der Waals surface area (Å²) in [6.07, 6.45) is 7.95. The van der Waals surface area contributed by atoms with Gasteiger partial charge in [0.25, 0.3) is 0 Å². The fourth-order valence-electron chi connectivity index (χ4n) is 7.93. The first-order valence-corrected chi connectivity index (χ1v) is 16.1. The molecule has 6 rings (SSSR count). The number of carbonyl (C=O) groups excluding carboxylic acids is 3. The van der Waals surface area contributed by atoms with Gasteiger partial charge in [0, 0.05) is 63.5 Å². The van der Waals surface area contributed by atoms with Crippen LogP contribution in [0.15, 0.2) is 18.2 Å². The molecule has 0 radical (unpaired) electrons. The predicted octanol–water partition coefficient (Wildman–Crippen LogP) is 3.46. The smallest absolute Gasteiger partial charge is 0.329 e. The zero-order valence-corrected chi connectivity index (χ0v) is 25.5. The van der Waals surface area contributed by atoms with Gasteiger partial charge in [0.05, 0.1) is 5.52 Å². The predicted molar refractivity (Wildman–Crippen MR) is 163 cm³/mol. The highest BCUT2D eigenvalue weighted by Gasteiger charge is 2.34. The molecule has 2 aromatic rings. The van der Waals surface area contributed by atoms with Gasteiger partial charge in [-0.25, -0.2) is 4.79 Å². The standard InChI is InChI=1S/C32H47N7O3/c1-21-19-37(20-22-10-15-38(16-11-22)31(41)23-4-7-25(33-2)8-5-23)14-12-26(21)24-6-9-27-28(18-24)36(3)35-30(27)39-17-13-29(40)34-32(39)42/h6,9,18,21-23,25-26,33H,4-5,7-8,10-17,19-20H2,1-3H3,(H,34,40,42)/t21-,23?,25?,26+/m0/s1. The first-order chi connectivity index (χ1) is 20.3. The number of amides is 4. The number of nitrogens with one attached hydrogen (secondary N) is 2. The quantitative estimate of drug-likeness (QED) is 0.545. The molecule has 0 unspecified atom stereocenters. The largest absolute Gasteiger partial charge is 0.342 e. The number of imide groups is 1. The number of nitrogens with zero attached hydrogens (tertiary/aromatic N) is 5. The van der Waals surface area contributed by atoms with Crippen molar-refractivity contribution in [2.75, 3.05) is 51.2 Å². The molecular weight excluding hydrogens is 530 g/mol. The molecule has 0 bridgehead atoms. The number of urea groups is 1. The Hall–Kier alpha value is -2.98. The van der Waals surface area contributed by atoms with E-state index in [9.17, 15) is 14.4 Å². The van der Waals surface area contributed by atoms with Crippen molar-refractivity contribution in [1.29, 1.82) is 0 Å². The number of fused-ring (bicyclic) bond motifs is 1. The topological polar surface area (TPSA) is 103 Å². The third kappa shape index (κ3) is 5.93. The summed E-state index contributed by atoms with van der Waals surface area (Å²) in [6, 6.07) is 6.72. The van der Waals surface area contributed by atoms with Crippen LogP contribution in [0.1, 0.15) is 69.8 Å². The van der Waals surface area contributed by atoms with E-state index in [1.807, 2.05) is 18.8 Å². The highest BCUT2D eigenvalue weighted by Crippen LogP contribution is 2.37. The molecule has 4 fully saturated rings. The molecule has 10 nitrogen and oxygen atoms in total. The summed E-state index contributed by atoms with van der Waals surface area (Å²) in [5, 5.41) is 11.4. The summed E-state index contributed by atoms with van der Waals surface area (Å²) in [5.41, 5.74) is 2.34. The molecule has 1 aliphatic carbocycles. The number of rotatable bonds is 6. The lowest BCUT2D eigenvalue weighted by atomic mass is 9.80. The summed E-state index contributed by atoms with van der Waals surface area (Å²) in [7, 11) is 3.95. The maximum Gasteiger partial charge on any atom is 0.329 e. The number of anilines is 1. The molecular formula is C32H47N7O3. The lowest BCUT2D eigenvalue weighted by Gasteiger charge is -2.41. The minimum atomic E-state index is -0.402. The second-order valence-electron chi connectivity index (χ2n) is 13.2. The molecule has 2 N–H and O–H groups in total. The Kier molecular flexibility index (Phi) is 8.54. The maximum atomic E-state index is 13.1. The van der Waals surface area contributed by atoms with Gasteiger partial charge in [-0.3, -0.25) is 24.5 Å². The molecule has 4 amide bonds. The van der Waals surface area contributed by atoms with Gasteiger partial charge >= 0.3 is 6.03 Å². The normalized spacial score (nSPS) is 28.4. The molecule has 10 heteroatoms. The van der Waals surface area contributed by atoms with Gasteiger partial charge < -0.3 is 15.1 Å². The molecule has 1 saturated carbocycles. The number of piperidine rings is 2. The monoisotopic (exact) mass is 577 g/mol. The lowest BCUT2D eigenvalue weighted by Crippen LogP contribution is -2.49. The minimum Gasteiger partial charge on any atom is -0.342 e. The molecule has 3 aliphatic heterocycles. The van der Waals surface area contributed by atoms with Gasteiger partial charge in [0.1, 0.15) is 0 Å². The summed E-state index contributed by atoms with van der Waals surface area (Å²) in [5.74, 6) is 2.71. The van der Waals surface area contributed by atoms with E-state index in [1.165, 1.54) is 5.56 Å². The van der Waals surface area contributed by atoms with Gasteiger partial charge in [-0.1, -0.05) is 13.0 Å². The van der Waals surface area contributed by atoms with Crippen LogP contribution in [0.25, 0.3) is 10.9 Å². The average Bonchev–Trinajstić information content (AvgIpc) is 3.32. The van der Waals surface area contributed by atoms with E-state index >= 15 is 0 Å². The number of carbonyl (C=O) groups is 3. The number of likely N-dealkylation sites (tertiary alicyclic amines) is 2. The molecule has 42 heavy (non-hydrogen) atoms. The van der Waals surface area contributed by atoms with Crippen LogP contribution in [0, 0.1) is 17.8 Å². The maximum absolute atomic E-state index is 13.1. The van der Waals surface area contributed by atoms with Gasteiger partial charge in [-0.2, -0.15) is 5.10 Å². The van der Waals surface area contributed by atoms with E-state index in [0.29, 0.717) is 42.1 Å². The molecule has 4 heterocycles. The van der Waals surface area contributed by atoms with E-state index < -0.39 is 6.03 Å². The molecule has 1 aromatic heterocycles. The SMILES string of the molecule is CNC1CCC(C(=O)N2CCC(CN3CC[C@@H](c4ccc5c(N6CCC(=O)NC6=O)nn(C)c5c4)[C@@H](C)C3)CC2)CC1. The summed E-state index contributed by atoms with van der Waals surface area (Å²) < 4.78 is 1.85. The van der Waals surface area contributed by atoms with E-state index in [1.54, 1.807) is 4.90 Å². The zero-order valence-electron chi connectivity index (χ0n) is 25.5. The Morgan fingerprint density at radius 3 is 2.48 bits per heavy atom. The van der Waals surface area contributed by atoms with Crippen LogP contribution < -0.4 is 15.5 Å². The molecule has 0 spiro atoms. The molecule has 3 saturated heterocycles. The Bertz CT molecular complexity index is 1310. The lowest BCUT2D eigenvalue weighted by molar-refractivity contribution is -0.138. The van der Waals surface area contributed by atoms with E-state index in [4.69, 9.17) is 0 Å². The zero-order chi connectivity index (χ0) is 29.4. The van der Waals surface area contributed by atoms with Gasteiger partial charge in [-0.05, 0) is 94.0 Å². The second-order valence-corrected chi connectivity index (χ2v) is 13.2. The van der Waals surface area contributed by atoms with Crippen LogP contribution in [0.3, 0.4) is 0 Å². The number of aryl methyl sites for hydroxylation is 1. The van der Waals surface area contributed by atoms with Crippen LogP contribution in [0.5, 0.6) is 0 Å². The van der Waals surface area contributed by atoms with Crippen LogP contribution in [0.4, 0.5) is 10.6 Å². The Labute approximate surface area is 249 Å². The van der Waals surface area contributed by atoms with Crippen molar-refractivity contribution in [2.24, 2.45) is 24.8 Å². The van der Waals surface area contributed by atoms with Crippen LogP contribution >= 0.6 is 0 Å². The van der Waals surface area contributed by atoms with Crippen LogP contribution in [-0.2, 0) is 16.6 Å². The molecule has 228 valence electrons. The minimum absolute atomic E-state index is 0.234. The Morgan fingerprint density at radius 1 is 1.02 bits per heavy atom. The van der Waals surface area contributed by atoms with Crippen molar-refractivity contribution in [3.8, 4) is 0 Å². The summed E-state index contributed by atoms with van der Waals surface area (Å²) in [6.45, 7) is 7.88. The van der Waals surface area contributed by atoms with Crippen molar-refractivity contribution in [1.82, 2.24) is 30.2 Å². The third-order valence-electron chi connectivity index (χ3n) is 10.5. The highest BCUT2D eigenvalue weighted by atomic mass is 16.2. The number of hydrogen-bond donors (Lipinski definition) is 2. The average molecular weight is 578 g/mol.